The van der Waals surface area contributed by atoms with Gasteiger partial charge in [-0.05, 0) is 19.1 Å². The van der Waals surface area contributed by atoms with Crippen LogP contribution in [0.2, 0.25) is 0 Å². The first-order valence-electron chi connectivity index (χ1n) is 5.65. The molecular weight excluding hydrogens is 205 g/mol. The molecule has 16 heavy (non-hydrogen) atoms. The molecule has 2 nitrogen and oxygen atoms in total. The molecule has 0 radical (unpaired) electrons. The SMILES string of the molecule is CC1C(=O)CCN(c2ccccc2F)C1C. The maximum atomic E-state index is 13.6. The van der Waals surface area contributed by atoms with Gasteiger partial charge >= 0.3 is 0 Å². The summed E-state index contributed by atoms with van der Waals surface area (Å²) in [6.07, 6.45) is 0.514. The van der Waals surface area contributed by atoms with Crippen LogP contribution in [0.4, 0.5) is 10.1 Å². The normalized spacial score (nSPS) is 25.9. The minimum absolute atomic E-state index is 0.0200. The minimum atomic E-state index is -0.212. The van der Waals surface area contributed by atoms with Crippen LogP contribution in [0, 0.1) is 11.7 Å². The van der Waals surface area contributed by atoms with Gasteiger partial charge in [-0.1, -0.05) is 19.1 Å². The van der Waals surface area contributed by atoms with Gasteiger partial charge in [-0.15, -0.1) is 0 Å². The second kappa shape index (κ2) is 4.24. The van der Waals surface area contributed by atoms with Gasteiger partial charge in [0.15, 0.2) is 0 Å². The van der Waals surface area contributed by atoms with Gasteiger partial charge in [0.25, 0.3) is 0 Å². The molecule has 1 saturated heterocycles. The van der Waals surface area contributed by atoms with Crippen LogP contribution in [-0.2, 0) is 4.79 Å². The third-order valence-electron chi connectivity index (χ3n) is 3.48. The van der Waals surface area contributed by atoms with E-state index >= 15 is 0 Å². The van der Waals surface area contributed by atoms with Crippen molar-refractivity contribution in [1.29, 1.82) is 0 Å². The van der Waals surface area contributed by atoms with Crippen LogP contribution >= 0.6 is 0 Å². The van der Waals surface area contributed by atoms with Crippen LogP contribution < -0.4 is 4.90 Å². The number of piperidine rings is 1. The fraction of sp³-hybridized carbons (Fsp3) is 0.462. The smallest absolute Gasteiger partial charge is 0.146 e. The zero-order valence-electron chi connectivity index (χ0n) is 9.61. The van der Waals surface area contributed by atoms with Gasteiger partial charge in [-0.3, -0.25) is 4.79 Å². The second-order valence-electron chi connectivity index (χ2n) is 4.39. The summed E-state index contributed by atoms with van der Waals surface area (Å²) < 4.78 is 13.6. The average molecular weight is 221 g/mol. The van der Waals surface area contributed by atoms with Gasteiger partial charge < -0.3 is 4.90 Å². The van der Waals surface area contributed by atoms with Gasteiger partial charge in [-0.25, -0.2) is 4.39 Å². The topological polar surface area (TPSA) is 20.3 Å². The maximum absolute atomic E-state index is 13.6. The van der Waals surface area contributed by atoms with E-state index in [0.717, 1.165) is 0 Å². The van der Waals surface area contributed by atoms with E-state index in [1.165, 1.54) is 6.07 Å². The molecule has 0 saturated carbocycles. The highest BCUT2D eigenvalue weighted by atomic mass is 19.1. The Hall–Kier alpha value is -1.38. The van der Waals surface area contributed by atoms with Crippen molar-refractivity contribution in [3.05, 3.63) is 30.1 Å². The molecule has 3 heteroatoms. The summed E-state index contributed by atoms with van der Waals surface area (Å²) in [7, 11) is 0. The summed E-state index contributed by atoms with van der Waals surface area (Å²) in [5, 5.41) is 0. The van der Waals surface area contributed by atoms with E-state index in [0.29, 0.717) is 18.7 Å². The Balaban J connectivity index is 2.29. The molecule has 0 spiro atoms. The van der Waals surface area contributed by atoms with E-state index in [9.17, 15) is 9.18 Å². The van der Waals surface area contributed by atoms with E-state index in [4.69, 9.17) is 0 Å². The number of para-hydroxylation sites is 1. The van der Waals surface area contributed by atoms with Gasteiger partial charge in [-0.2, -0.15) is 0 Å². The number of hydrogen-bond donors (Lipinski definition) is 0. The highest BCUT2D eigenvalue weighted by Crippen LogP contribution is 2.28. The molecule has 2 unspecified atom stereocenters. The van der Waals surface area contributed by atoms with Gasteiger partial charge in [0.1, 0.15) is 11.6 Å². The number of carbonyl (C=O) groups is 1. The van der Waals surface area contributed by atoms with E-state index in [1.54, 1.807) is 12.1 Å². The summed E-state index contributed by atoms with van der Waals surface area (Å²) in [4.78, 5) is 13.5. The quantitative estimate of drug-likeness (QED) is 0.726. The number of Topliss-reactive ketones (excluding diaryl/α,β-unsaturated/α-hetero) is 1. The molecule has 1 aliphatic rings. The van der Waals surface area contributed by atoms with E-state index < -0.39 is 0 Å². The Kier molecular flexibility index (Phi) is 2.95. The van der Waals surface area contributed by atoms with Crippen molar-refractivity contribution in [1.82, 2.24) is 0 Å². The van der Waals surface area contributed by atoms with Gasteiger partial charge in [0.05, 0.1) is 5.69 Å². The molecule has 1 heterocycles. The van der Waals surface area contributed by atoms with Gasteiger partial charge in [0, 0.05) is 24.9 Å². The van der Waals surface area contributed by atoms with Crippen LogP contribution in [0.25, 0.3) is 0 Å². The van der Waals surface area contributed by atoms with Crippen LogP contribution in [0.5, 0.6) is 0 Å². The van der Waals surface area contributed by atoms with Crippen LogP contribution in [0.1, 0.15) is 20.3 Å². The van der Waals surface area contributed by atoms with Crippen LogP contribution in [-0.4, -0.2) is 18.4 Å². The standard InChI is InChI=1S/C13H16FNO/c1-9-10(2)15(8-7-13(9)16)12-6-4-3-5-11(12)14/h3-6,9-10H,7-8H2,1-2H3. The van der Waals surface area contributed by atoms with Crippen molar-refractivity contribution in [2.24, 2.45) is 5.92 Å². The largest absolute Gasteiger partial charge is 0.365 e. The molecule has 0 aliphatic carbocycles. The molecule has 1 fully saturated rings. The predicted octanol–water partition coefficient (Wildman–Crippen LogP) is 2.63. The molecule has 86 valence electrons. The fourth-order valence-electron chi connectivity index (χ4n) is 2.23. The molecule has 0 aromatic heterocycles. The first kappa shape index (κ1) is 11.1. The number of nitrogens with zero attached hydrogens (tertiary/aromatic N) is 1. The van der Waals surface area contributed by atoms with Crippen molar-refractivity contribution in [3.8, 4) is 0 Å². The lowest BCUT2D eigenvalue weighted by Crippen LogP contribution is -2.47. The molecule has 1 aliphatic heterocycles. The zero-order chi connectivity index (χ0) is 11.7. The Labute approximate surface area is 95.1 Å². The molecular formula is C13H16FNO. The van der Waals surface area contributed by atoms with Crippen molar-refractivity contribution < 1.29 is 9.18 Å². The lowest BCUT2D eigenvalue weighted by atomic mass is 9.90. The third-order valence-corrected chi connectivity index (χ3v) is 3.48. The van der Waals surface area contributed by atoms with E-state index in [2.05, 4.69) is 0 Å². The number of hydrogen-bond acceptors (Lipinski definition) is 2. The molecule has 0 N–H and O–H groups in total. The molecule has 2 rings (SSSR count). The van der Waals surface area contributed by atoms with Crippen molar-refractivity contribution in [3.63, 3.8) is 0 Å². The number of anilines is 1. The summed E-state index contributed by atoms with van der Waals surface area (Å²) in [5.41, 5.74) is 0.606. The lowest BCUT2D eigenvalue weighted by molar-refractivity contribution is -0.123. The summed E-state index contributed by atoms with van der Waals surface area (Å²) in [5.74, 6) is 0.0457. The maximum Gasteiger partial charge on any atom is 0.146 e. The summed E-state index contributed by atoms with van der Waals surface area (Å²) in [6, 6.07) is 6.81. The Morgan fingerprint density at radius 1 is 1.31 bits per heavy atom. The predicted molar refractivity (Wildman–Crippen MR) is 62.0 cm³/mol. The Bertz CT molecular complexity index is 405. The van der Waals surface area contributed by atoms with Crippen LogP contribution in [0.15, 0.2) is 24.3 Å². The monoisotopic (exact) mass is 221 g/mol. The van der Waals surface area contributed by atoms with E-state index in [-0.39, 0.29) is 23.6 Å². The number of halogens is 1. The van der Waals surface area contributed by atoms with E-state index in [1.807, 2.05) is 24.8 Å². The first-order chi connectivity index (χ1) is 7.61. The highest BCUT2D eigenvalue weighted by molar-refractivity contribution is 5.84. The molecule has 1 aromatic rings. The highest BCUT2D eigenvalue weighted by Gasteiger charge is 2.31. The van der Waals surface area contributed by atoms with Crippen molar-refractivity contribution in [2.45, 2.75) is 26.3 Å². The van der Waals surface area contributed by atoms with Crippen LogP contribution in [0.3, 0.4) is 0 Å². The number of ketones is 1. The number of carbonyl (C=O) groups excluding carboxylic acids is 1. The third kappa shape index (κ3) is 1.82. The second-order valence-corrected chi connectivity index (χ2v) is 4.39. The number of rotatable bonds is 1. The molecule has 0 amide bonds. The Morgan fingerprint density at radius 2 is 2.00 bits per heavy atom. The molecule has 0 bridgehead atoms. The molecule has 2 atom stereocenters. The summed E-state index contributed by atoms with van der Waals surface area (Å²) >= 11 is 0. The zero-order valence-corrected chi connectivity index (χ0v) is 9.61. The van der Waals surface area contributed by atoms with Crippen molar-refractivity contribution >= 4 is 11.5 Å². The summed E-state index contributed by atoms with van der Waals surface area (Å²) in [6.45, 7) is 4.51. The molecule has 1 aromatic carbocycles. The number of benzene rings is 1. The Morgan fingerprint density at radius 3 is 2.69 bits per heavy atom. The first-order valence-corrected chi connectivity index (χ1v) is 5.65. The lowest BCUT2D eigenvalue weighted by Gasteiger charge is -2.38. The average Bonchev–Trinajstić information content (AvgIpc) is 2.28. The minimum Gasteiger partial charge on any atom is -0.365 e. The van der Waals surface area contributed by atoms with Gasteiger partial charge in [0.2, 0.25) is 0 Å². The fourth-order valence-corrected chi connectivity index (χ4v) is 2.23. The van der Waals surface area contributed by atoms with Crippen molar-refractivity contribution in [2.75, 3.05) is 11.4 Å².